The van der Waals surface area contributed by atoms with Crippen LogP contribution in [0.25, 0.3) is 0 Å². The van der Waals surface area contributed by atoms with E-state index in [1.807, 2.05) is 20.8 Å². The number of nitrogen functional groups attached to an aromatic ring is 1. The van der Waals surface area contributed by atoms with Crippen molar-refractivity contribution in [2.45, 2.75) is 44.8 Å². The first-order valence-corrected chi connectivity index (χ1v) is 7.12. The Bertz CT molecular complexity index is 517. The highest BCUT2D eigenvalue weighted by atomic mass is 16.6. The van der Waals surface area contributed by atoms with Gasteiger partial charge in [0.25, 0.3) is 0 Å². The number of hydrogen-bond donors (Lipinski definition) is 2. The minimum Gasteiger partial charge on any atom is -0.444 e. The molecule has 0 unspecified atom stereocenters. The zero-order chi connectivity index (χ0) is 15.7. The summed E-state index contributed by atoms with van der Waals surface area (Å²) < 4.78 is 5.34. The molecule has 1 aromatic heterocycles. The van der Waals surface area contributed by atoms with Gasteiger partial charge in [0.2, 0.25) is 0 Å². The lowest BCUT2D eigenvalue weighted by Gasteiger charge is -2.38. The summed E-state index contributed by atoms with van der Waals surface area (Å²) in [5.41, 5.74) is 5.26. The highest BCUT2D eigenvalue weighted by molar-refractivity contribution is 5.68. The first-order chi connectivity index (χ1) is 9.71. The van der Waals surface area contributed by atoms with Crippen LogP contribution in [0.15, 0.2) is 18.3 Å². The van der Waals surface area contributed by atoms with Gasteiger partial charge in [0, 0.05) is 19.3 Å². The van der Waals surface area contributed by atoms with Crippen molar-refractivity contribution in [2.75, 3.05) is 18.8 Å². The number of piperidine rings is 1. The highest BCUT2D eigenvalue weighted by Gasteiger charge is 2.38. The van der Waals surface area contributed by atoms with E-state index < -0.39 is 11.2 Å². The van der Waals surface area contributed by atoms with Crippen LogP contribution in [-0.4, -0.2) is 39.8 Å². The Morgan fingerprint density at radius 1 is 1.43 bits per heavy atom. The lowest BCUT2D eigenvalue weighted by atomic mass is 9.87. The number of amides is 1. The van der Waals surface area contributed by atoms with E-state index in [-0.39, 0.29) is 6.09 Å². The lowest BCUT2D eigenvalue weighted by molar-refractivity contribution is -0.0376. The predicted octanol–water partition coefficient (Wildman–Crippen LogP) is 1.88. The molecular formula is C15H23N3O3. The van der Waals surface area contributed by atoms with E-state index in [0.717, 1.165) is 0 Å². The Labute approximate surface area is 124 Å². The first kappa shape index (κ1) is 15.6. The Hall–Kier alpha value is -1.82. The molecule has 1 saturated heterocycles. The summed E-state index contributed by atoms with van der Waals surface area (Å²) >= 11 is 0. The van der Waals surface area contributed by atoms with E-state index in [0.29, 0.717) is 37.3 Å². The maximum atomic E-state index is 12.0. The summed E-state index contributed by atoms with van der Waals surface area (Å²) in [4.78, 5) is 17.8. The smallest absolute Gasteiger partial charge is 0.410 e. The number of rotatable bonds is 1. The van der Waals surface area contributed by atoms with Crippen LogP contribution in [0.1, 0.15) is 39.3 Å². The normalized spacial score (nSPS) is 18.4. The van der Waals surface area contributed by atoms with Crippen LogP contribution >= 0.6 is 0 Å². The van der Waals surface area contributed by atoms with Crippen LogP contribution in [0.3, 0.4) is 0 Å². The zero-order valence-electron chi connectivity index (χ0n) is 12.8. The van der Waals surface area contributed by atoms with Gasteiger partial charge in [0.05, 0.1) is 11.4 Å². The third kappa shape index (κ3) is 3.64. The maximum Gasteiger partial charge on any atom is 0.410 e. The molecule has 6 heteroatoms. The fraction of sp³-hybridized carbons (Fsp3) is 0.600. The standard InChI is InChI=1S/C15H23N3O3/c1-14(2,3)21-13(19)18-9-6-15(20,7-10-18)12-11(16)5-4-8-17-12/h4-5,8,20H,6-7,9-10,16H2,1-3H3. The van der Waals surface area contributed by atoms with Gasteiger partial charge in [-0.25, -0.2) is 4.79 Å². The van der Waals surface area contributed by atoms with E-state index in [2.05, 4.69) is 4.98 Å². The van der Waals surface area contributed by atoms with Crippen LogP contribution in [-0.2, 0) is 10.3 Å². The van der Waals surface area contributed by atoms with Crippen LogP contribution in [0.2, 0.25) is 0 Å². The summed E-state index contributed by atoms with van der Waals surface area (Å²) in [5, 5.41) is 10.7. The lowest BCUT2D eigenvalue weighted by Crippen LogP contribution is -2.47. The topological polar surface area (TPSA) is 88.7 Å². The first-order valence-electron chi connectivity index (χ1n) is 7.12. The Balaban J connectivity index is 2.03. The number of anilines is 1. The van der Waals surface area contributed by atoms with E-state index in [1.165, 1.54) is 0 Å². The summed E-state index contributed by atoms with van der Waals surface area (Å²) in [6.07, 6.45) is 2.06. The average Bonchev–Trinajstić information content (AvgIpc) is 2.37. The molecule has 0 saturated carbocycles. The molecule has 0 bridgehead atoms. The van der Waals surface area contributed by atoms with Crippen molar-refractivity contribution in [1.29, 1.82) is 0 Å². The summed E-state index contributed by atoms with van der Waals surface area (Å²) in [6.45, 7) is 6.34. The van der Waals surface area contributed by atoms with Gasteiger partial charge in [0.15, 0.2) is 0 Å². The number of ether oxygens (including phenoxy) is 1. The van der Waals surface area contributed by atoms with Gasteiger partial charge in [-0.1, -0.05) is 0 Å². The minimum atomic E-state index is -1.08. The second-order valence-electron chi connectivity index (χ2n) is 6.44. The van der Waals surface area contributed by atoms with Crippen molar-refractivity contribution in [2.24, 2.45) is 0 Å². The molecule has 0 aliphatic carbocycles. The SMILES string of the molecule is CC(C)(C)OC(=O)N1CCC(O)(c2ncccc2N)CC1. The van der Waals surface area contributed by atoms with Crippen molar-refractivity contribution < 1.29 is 14.6 Å². The average molecular weight is 293 g/mol. The molecule has 0 radical (unpaired) electrons. The van der Waals surface area contributed by atoms with E-state index in [9.17, 15) is 9.90 Å². The number of carbonyl (C=O) groups is 1. The largest absolute Gasteiger partial charge is 0.444 e. The molecule has 2 rings (SSSR count). The van der Waals surface area contributed by atoms with E-state index in [4.69, 9.17) is 10.5 Å². The fourth-order valence-corrected chi connectivity index (χ4v) is 2.43. The Morgan fingerprint density at radius 3 is 2.57 bits per heavy atom. The Kier molecular flexibility index (Phi) is 4.09. The fourth-order valence-electron chi connectivity index (χ4n) is 2.43. The monoisotopic (exact) mass is 293 g/mol. The van der Waals surface area contributed by atoms with Gasteiger partial charge in [-0.3, -0.25) is 4.98 Å². The molecule has 1 aliphatic rings. The molecule has 3 N–H and O–H groups in total. The molecule has 1 aliphatic heterocycles. The third-order valence-electron chi connectivity index (χ3n) is 3.52. The van der Waals surface area contributed by atoms with Gasteiger partial charge in [-0.05, 0) is 45.7 Å². The van der Waals surface area contributed by atoms with Crippen molar-refractivity contribution in [1.82, 2.24) is 9.88 Å². The predicted molar refractivity (Wildman–Crippen MR) is 79.6 cm³/mol. The minimum absolute atomic E-state index is 0.349. The number of carbonyl (C=O) groups excluding carboxylic acids is 1. The van der Waals surface area contributed by atoms with Gasteiger partial charge >= 0.3 is 6.09 Å². The molecule has 1 amide bonds. The quantitative estimate of drug-likeness (QED) is 0.825. The highest BCUT2D eigenvalue weighted by Crippen LogP contribution is 2.34. The molecule has 0 spiro atoms. The number of aromatic nitrogens is 1. The third-order valence-corrected chi connectivity index (χ3v) is 3.52. The van der Waals surface area contributed by atoms with Gasteiger partial charge in [0.1, 0.15) is 11.2 Å². The molecule has 1 aromatic rings. The number of likely N-dealkylation sites (tertiary alicyclic amines) is 1. The van der Waals surface area contributed by atoms with Gasteiger partial charge < -0.3 is 20.5 Å². The van der Waals surface area contributed by atoms with Crippen LogP contribution in [0, 0.1) is 0 Å². The summed E-state index contributed by atoms with van der Waals surface area (Å²) in [7, 11) is 0. The van der Waals surface area contributed by atoms with E-state index >= 15 is 0 Å². The molecule has 0 aromatic carbocycles. The number of nitrogens with two attached hydrogens (primary N) is 1. The van der Waals surface area contributed by atoms with Gasteiger partial charge in [-0.2, -0.15) is 0 Å². The van der Waals surface area contributed by atoms with Gasteiger partial charge in [-0.15, -0.1) is 0 Å². The second kappa shape index (κ2) is 5.52. The zero-order valence-corrected chi connectivity index (χ0v) is 12.8. The van der Waals surface area contributed by atoms with Crippen molar-refractivity contribution in [3.63, 3.8) is 0 Å². The molecule has 1 fully saturated rings. The molecule has 6 nitrogen and oxygen atoms in total. The number of pyridine rings is 1. The number of nitrogens with zero attached hydrogens (tertiary/aromatic N) is 2. The molecule has 2 heterocycles. The summed E-state index contributed by atoms with van der Waals surface area (Å²) in [6, 6.07) is 3.46. The molecular weight excluding hydrogens is 270 g/mol. The van der Waals surface area contributed by atoms with Crippen molar-refractivity contribution >= 4 is 11.8 Å². The maximum absolute atomic E-state index is 12.0. The number of aliphatic hydroxyl groups is 1. The van der Waals surface area contributed by atoms with Crippen LogP contribution in [0.4, 0.5) is 10.5 Å². The Morgan fingerprint density at radius 2 is 2.05 bits per heavy atom. The number of hydrogen-bond acceptors (Lipinski definition) is 5. The molecule has 21 heavy (non-hydrogen) atoms. The van der Waals surface area contributed by atoms with E-state index in [1.54, 1.807) is 23.2 Å². The van der Waals surface area contributed by atoms with Crippen LogP contribution < -0.4 is 5.73 Å². The molecule has 116 valence electrons. The van der Waals surface area contributed by atoms with Crippen molar-refractivity contribution in [3.05, 3.63) is 24.0 Å². The van der Waals surface area contributed by atoms with Crippen LogP contribution in [0.5, 0.6) is 0 Å². The summed E-state index contributed by atoms with van der Waals surface area (Å²) in [5.74, 6) is 0. The molecule has 0 atom stereocenters. The second-order valence-corrected chi connectivity index (χ2v) is 6.44. The van der Waals surface area contributed by atoms with Crippen molar-refractivity contribution in [3.8, 4) is 0 Å².